The number of anilines is 3. The molecule has 2 aromatic heterocycles. The third kappa shape index (κ3) is 4.92. The molecule has 0 spiro atoms. The smallest absolute Gasteiger partial charge is 0.0701 e. The topological polar surface area (TPSA) is 21.1 Å². The monoisotopic (exact) mass is 679 g/mol. The molecule has 252 valence electrons. The van der Waals surface area contributed by atoms with Crippen LogP contribution in [-0.2, 0) is 5.41 Å². The highest BCUT2D eigenvalue weighted by Gasteiger charge is 2.38. The number of aromatic nitrogens is 2. The van der Waals surface area contributed by atoms with Crippen LogP contribution in [0.2, 0.25) is 0 Å². The second-order valence-corrected chi connectivity index (χ2v) is 14.4. The summed E-state index contributed by atoms with van der Waals surface area (Å²) >= 11 is 0. The highest BCUT2D eigenvalue weighted by atomic mass is 15.1. The highest BCUT2D eigenvalue weighted by molar-refractivity contribution is 6.15. The van der Waals surface area contributed by atoms with Gasteiger partial charge in [0.15, 0.2) is 0 Å². The molecular formula is C50H37N3. The Morgan fingerprint density at radius 2 is 1.11 bits per heavy atom. The number of nitrogens with zero attached hydrogens (tertiary/aromatic N) is 3. The van der Waals surface area contributed by atoms with Crippen LogP contribution in [0.3, 0.4) is 0 Å². The van der Waals surface area contributed by atoms with E-state index >= 15 is 0 Å². The average molecular weight is 680 g/mol. The molecule has 0 saturated heterocycles. The standard InChI is InChI=1S/C50H37N3/c1-50(2)43-20-8-6-16-40(43)41-19-13-24-47(49(41)50)52(38-31-27-35(28-32-38)44-21-10-11-33-51-44)37-29-25-34(26-30-37)39-18-12-23-46-48(39)42-17-7-9-22-45(42)53(46)36-14-4-3-5-15-36/h3-33H,1-2H3. The fraction of sp³-hybridized carbons (Fsp3) is 0.0600. The fourth-order valence-corrected chi connectivity index (χ4v) is 8.65. The number of hydrogen-bond acceptors (Lipinski definition) is 2. The largest absolute Gasteiger partial charge is 0.310 e. The first kappa shape index (κ1) is 31.1. The maximum atomic E-state index is 4.61. The van der Waals surface area contributed by atoms with E-state index in [-0.39, 0.29) is 5.41 Å². The quantitative estimate of drug-likeness (QED) is 0.174. The lowest BCUT2D eigenvalue weighted by molar-refractivity contribution is 0.661. The molecule has 53 heavy (non-hydrogen) atoms. The predicted molar refractivity (Wildman–Crippen MR) is 222 cm³/mol. The third-order valence-electron chi connectivity index (χ3n) is 11.0. The zero-order valence-electron chi connectivity index (χ0n) is 29.7. The number of benzene rings is 7. The first-order chi connectivity index (χ1) is 26.1. The summed E-state index contributed by atoms with van der Waals surface area (Å²) in [6.07, 6.45) is 1.85. The molecule has 3 nitrogen and oxygen atoms in total. The Morgan fingerprint density at radius 3 is 1.89 bits per heavy atom. The van der Waals surface area contributed by atoms with Crippen LogP contribution in [0.4, 0.5) is 17.1 Å². The van der Waals surface area contributed by atoms with Gasteiger partial charge in [-0.3, -0.25) is 4.98 Å². The van der Waals surface area contributed by atoms with Gasteiger partial charge in [0.1, 0.15) is 0 Å². The summed E-state index contributed by atoms with van der Waals surface area (Å²) in [6, 6.07) is 65.8. The van der Waals surface area contributed by atoms with E-state index in [0.717, 1.165) is 28.3 Å². The van der Waals surface area contributed by atoms with Crippen molar-refractivity contribution in [3.63, 3.8) is 0 Å². The Hall–Kier alpha value is -6.71. The van der Waals surface area contributed by atoms with Gasteiger partial charge in [0.25, 0.3) is 0 Å². The molecular weight excluding hydrogens is 643 g/mol. The SMILES string of the molecule is CC1(C)c2ccccc2-c2cccc(N(c3ccc(-c4ccccn4)cc3)c3ccc(-c4cccc5c4c4ccccc4n5-c4ccccc4)cc3)c21. The Balaban J connectivity index is 1.14. The molecule has 0 N–H and O–H groups in total. The van der Waals surface area contributed by atoms with Crippen molar-refractivity contribution < 1.29 is 0 Å². The van der Waals surface area contributed by atoms with Crippen molar-refractivity contribution >= 4 is 38.9 Å². The Kier molecular flexibility index (Phi) is 7.16. The van der Waals surface area contributed by atoms with Gasteiger partial charge < -0.3 is 9.47 Å². The van der Waals surface area contributed by atoms with E-state index in [2.05, 4.69) is 198 Å². The van der Waals surface area contributed by atoms with Gasteiger partial charge in [0.2, 0.25) is 0 Å². The third-order valence-corrected chi connectivity index (χ3v) is 11.0. The molecule has 0 aliphatic heterocycles. The van der Waals surface area contributed by atoms with Gasteiger partial charge in [-0.15, -0.1) is 0 Å². The average Bonchev–Trinajstić information content (AvgIpc) is 3.68. The summed E-state index contributed by atoms with van der Waals surface area (Å²) in [6.45, 7) is 4.72. The van der Waals surface area contributed by atoms with E-state index in [1.807, 2.05) is 18.3 Å². The summed E-state index contributed by atoms with van der Waals surface area (Å²) in [4.78, 5) is 7.04. The van der Waals surface area contributed by atoms with Gasteiger partial charge in [-0.2, -0.15) is 0 Å². The lowest BCUT2D eigenvalue weighted by Crippen LogP contribution is -2.20. The van der Waals surface area contributed by atoms with E-state index < -0.39 is 0 Å². The lowest BCUT2D eigenvalue weighted by atomic mass is 9.81. The Morgan fingerprint density at radius 1 is 0.491 bits per heavy atom. The molecule has 0 amide bonds. The number of pyridine rings is 1. The highest BCUT2D eigenvalue weighted by Crippen LogP contribution is 2.54. The van der Waals surface area contributed by atoms with Gasteiger partial charge in [-0.1, -0.05) is 129 Å². The van der Waals surface area contributed by atoms with Gasteiger partial charge in [0.05, 0.1) is 22.4 Å². The normalized spacial score (nSPS) is 12.9. The minimum atomic E-state index is -0.169. The number of fused-ring (bicyclic) bond motifs is 6. The molecule has 1 aliphatic rings. The predicted octanol–water partition coefficient (Wildman–Crippen LogP) is 13.3. The second kappa shape index (κ2) is 12.2. The molecule has 0 unspecified atom stereocenters. The maximum Gasteiger partial charge on any atom is 0.0701 e. The maximum absolute atomic E-state index is 4.61. The molecule has 0 atom stereocenters. The van der Waals surface area contributed by atoms with Crippen LogP contribution in [0, 0.1) is 0 Å². The molecule has 2 heterocycles. The van der Waals surface area contributed by atoms with Crippen LogP contribution in [0.25, 0.3) is 61.0 Å². The summed E-state index contributed by atoms with van der Waals surface area (Å²) in [5.41, 5.74) is 16.6. The zero-order valence-corrected chi connectivity index (χ0v) is 29.7. The lowest BCUT2D eigenvalue weighted by Gasteiger charge is -2.32. The molecule has 7 aromatic carbocycles. The van der Waals surface area contributed by atoms with Crippen LogP contribution in [0.1, 0.15) is 25.0 Å². The molecule has 9 aromatic rings. The molecule has 0 fully saturated rings. The van der Waals surface area contributed by atoms with Gasteiger partial charge >= 0.3 is 0 Å². The van der Waals surface area contributed by atoms with Crippen molar-refractivity contribution in [3.8, 4) is 39.2 Å². The van der Waals surface area contributed by atoms with Gasteiger partial charge in [-0.25, -0.2) is 0 Å². The molecule has 10 rings (SSSR count). The summed E-state index contributed by atoms with van der Waals surface area (Å²) in [5.74, 6) is 0. The minimum absolute atomic E-state index is 0.169. The summed E-state index contributed by atoms with van der Waals surface area (Å²) in [5, 5.41) is 2.52. The van der Waals surface area contributed by atoms with Crippen LogP contribution in [0.15, 0.2) is 188 Å². The molecule has 0 radical (unpaired) electrons. The van der Waals surface area contributed by atoms with Crippen LogP contribution < -0.4 is 4.90 Å². The van der Waals surface area contributed by atoms with Crippen molar-refractivity contribution in [2.75, 3.05) is 4.90 Å². The fourth-order valence-electron chi connectivity index (χ4n) is 8.65. The van der Waals surface area contributed by atoms with Crippen molar-refractivity contribution in [2.45, 2.75) is 19.3 Å². The first-order valence-electron chi connectivity index (χ1n) is 18.3. The zero-order chi connectivity index (χ0) is 35.5. The first-order valence-corrected chi connectivity index (χ1v) is 18.3. The van der Waals surface area contributed by atoms with Crippen molar-refractivity contribution in [3.05, 3.63) is 199 Å². The molecule has 0 saturated carbocycles. The van der Waals surface area contributed by atoms with Gasteiger partial charge in [-0.05, 0) is 100 Å². The Labute approximate surface area is 310 Å². The van der Waals surface area contributed by atoms with Crippen LogP contribution in [-0.4, -0.2) is 9.55 Å². The minimum Gasteiger partial charge on any atom is -0.310 e. The van der Waals surface area contributed by atoms with E-state index in [0.29, 0.717) is 0 Å². The number of para-hydroxylation sites is 2. The molecule has 3 heteroatoms. The van der Waals surface area contributed by atoms with Crippen molar-refractivity contribution in [1.29, 1.82) is 0 Å². The van der Waals surface area contributed by atoms with Gasteiger partial charge in [0, 0.05) is 45.0 Å². The Bertz CT molecular complexity index is 2780. The number of hydrogen-bond donors (Lipinski definition) is 0. The van der Waals surface area contributed by atoms with Crippen molar-refractivity contribution in [2.24, 2.45) is 0 Å². The number of rotatable bonds is 6. The summed E-state index contributed by atoms with van der Waals surface area (Å²) < 4.78 is 2.38. The summed E-state index contributed by atoms with van der Waals surface area (Å²) in [7, 11) is 0. The van der Waals surface area contributed by atoms with E-state index in [9.17, 15) is 0 Å². The van der Waals surface area contributed by atoms with E-state index in [1.54, 1.807) is 0 Å². The van der Waals surface area contributed by atoms with Crippen molar-refractivity contribution in [1.82, 2.24) is 9.55 Å². The molecule has 0 bridgehead atoms. The molecule has 1 aliphatic carbocycles. The second-order valence-electron chi connectivity index (χ2n) is 14.4. The van der Waals surface area contributed by atoms with Crippen LogP contribution in [0.5, 0.6) is 0 Å². The van der Waals surface area contributed by atoms with E-state index in [4.69, 9.17) is 0 Å². The van der Waals surface area contributed by atoms with E-state index in [1.165, 1.54) is 60.9 Å². The van der Waals surface area contributed by atoms with Crippen LogP contribution >= 0.6 is 0 Å².